The molecule has 5 heteroatoms. The van der Waals surface area contributed by atoms with E-state index in [-0.39, 0.29) is 5.78 Å². The van der Waals surface area contributed by atoms with Crippen molar-refractivity contribution in [2.24, 2.45) is 4.99 Å². The van der Waals surface area contributed by atoms with Gasteiger partial charge in [0.2, 0.25) is 0 Å². The van der Waals surface area contributed by atoms with Crippen LogP contribution in [0.25, 0.3) is 0 Å². The number of aliphatic imine (C=N–C) groups is 1. The van der Waals surface area contributed by atoms with E-state index in [1.54, 1.807) is 44.2 Å². The summed E-state index contributed by atoms with van der Waals surface area (Å²) in [6.45, 7) is 3.48. The highest BCUT2D eigenvalue weighted by Crippen LogP contribution is 2.17. The molecular weight excluding hydrogens is 276 g/mol. The zero-order valence-corrected chi connectivity index (χ0v) is 11.9. The third-order valence-electron chi connectivity index (χ3n) is 3.01. The summed E-state index contributed by atoms with van der Waals surface area (Å²) in [5.41, 5.74) is 2.36. The normalized spacial score (nSPS) is 16.8. The van der Waals surface area contributed by atoms with Crippen molar-refractivity contribution in [2.45, 2.75) is 13.8 Å². The number of allylic oxidation sites excluding steroid dienone is 4. The molecule has 1 aliphatic carbocycles. The molecule has 1 N–H and O–H groups in total. The van der Waals surface area contributed by atoms with Gasteiger partial charge in [-0.2, -0.15) is 4.99 Å². The number of halogens is 1. The number of ketones is 1. The Balaban J connectivity index is 2.17. The van der Waals surface area contributed by atoms with Gasteiger partial charge in [0, 0.05) is 16.3 Å². The molecule has 0 saturated carbocycles. The maximum Gasteiger partial charge on any atom is 0.345 e. The average molecular weight is 289 g/mol. The summed E-state index contributed by atoms with van der Waals surface area (Å²) in [5.74, 6) is -0.0586. The number of urea groups is 1. The highest BCUT2D eigenvalue weighted by molar-refractivity contribution is 6.31. The molecule has 1 aliphatic rings. The van der Waals surface area contributed by atoms with Gasteiger partial charge in [-0.1, -0.05) is 17.7 Å². The number of carbonyl (C=O) groups excluding carboxylic acids is 2. The Labute approximate surface area is 121 Å². The minimum absolute atomic E-state index is 0.0586. The van der Waals surface area contributed by atoms with E-state index in [2.05, 4.69) is 10.3 Å². The second kappa shape index (κ2) is 5.84. The first-order valence-electron chi connectivity index (χ1n) is 6.03. The number of hydrogen-bond acceptors (Lipinski definition) is 2. The monoisotopic (exact) mass is 288 g/mol. The topological polar surface area (TPSA) is 58.5 Å². The smallest absolute Gasteiger partial charge is 0.306 e. The summed E-state index contributed by atoms with van der Waals surface area (Å²) in [6.07, 6.45) is 2.95. The first kappa shape index (κ1) is 14.2. The number of amides is 2. The quantitative estimate of drug-likeness (QED) is 0.799. The van der Waals surface area contributed by atoms with Gasteiger partial charge in [-0.3, -0.25) is 4.79 Å². The molecule has 0 aromatic heterocycles. The fourth-order valence-electron chi connectivity index (χ4n) is 1.73. The molecule has 0 bridgehead atoms. The molecule has 0 heterocycles. The molecule has 0 aliphatic heterocycles. The minimum atomic E-state index is -0.506. The number of nitrogens with zero attached hydrogens (tertiary/aromatic N) is 1. The lowest BCUT2D eigenvalue weighted by molar-refractivity contribution is -0.111. The van der Waals surface area contributed by atoms with Crippen LogP contribution < -0.4 is 5.32 Å². The second-order valence-corrected chi connectivity index (χ2v) is 4.82. The number of anilines is 1. The van der Waals surface area contributed by atoms with Gasteiger partial charge in [0.25, 0.3) is 0 Å². The SMILES string of the molecule is CC1=C(C)C(=NC(=O)Nc2cccc(Cl)c2)C=CC1=O. The second-order valence-electron chi connectivity index (χ2n) is 4.39. The maximum atomic E-state index is 11.8. The lowest BCUT2D eigenvalue weighted by atomic mass is 9.97. The van der Waals surface area contributed by atoms with Crippen LogP contribution >= 0.6 is 11.6 Å². The molecule has 102 valence electrons. The maximum absolute atomic E-state index is 11.8. The molecule has 0 fully saturated rings. The molecule has 0 spiro atoms. The molecule has 0 saturated heterocycles. The van der Waals surface area contributed by atoms with Gasteiger partial charge in [-0.05, 0) is 49.8 Å². The Kier molecular flexibility index (Phi) is 4.15. The summed E-state index contributed by atoms with van der Waals surface area (Å²) >= 11 is 5.84. The minimum Gasteiger partial charge on any atom is -0.306 e. The molecule has 2 amide bonds. The van der Waals surface area contributed by atoms with Crippen LogP contribution in [-0.2, 0) is 4.79 Å². The standard InChI is InChI=1S/C15H13ClN2O2/c1-9-10(2)14(19)7-6-13(9)18-15(20)17-12-5-3-4-11(16)8-12/h3-8H,1-2H3,(H,17,20). The van der Waals surface area contributed by atoms with E-state index in [9.17, 15) is 9.59 Å². The van der Waals surface area contributed by atoms with Crippen LogP contribution in [0.2, 0.25) is 5.02 Å². The first-order valence-corrected chi connectivity index (χ1v) is 6.40. The fraction of sp³-hybridized carbons (Fsp3) is 0.133. The van der Waals surface area contributed by atoms with Gasteiger partial charge in [0.1, 0.15) is 0 Å². The van der Waals surface area contributed by atoms with Gasteiger partial charge in [-0.15, -0.1) is 0 Å². The summed E-state index contributed by atoms with van der Waals surface area (Å²) in [4.78, 5) is 27.2. The third kappa shape index (κ3) is 3.22. The van der Waals surface area contributed by atoms with Crippen LogP contribution in [0.15, 0.2) is 52.6 Å². The van der Waals surface area contributed by atoms with E-state index < -0.39 is 6.03 Å². The Bertz CT molecular complexity index is 672. The van der Waals surface area contributed by atoms with E-state index >= 15 is 0 Å². The van der Waals surface area contributed by atoms with Gasteiger partial charge < -0.3 is 5.32 Å². The van der Waals surface area contributed by atoms with E-state index in [0.717, 1.165) is 0 Å². The number of rotatable bonds is 1. The molecule has 2 rings (SSSR count). The van der Waals surface area contributed by atoms with Crippen molar-refractivity contribution in [1.29, 1.82) is 0 Å². The summed E-state index contributed by atoms with van der Waals surface area (Å²) in [6, 6.07) is 6.30. The highest BCUT2D eigenvalue weighted by Gasteiger charge is 2.15. The summed E-state index contributed by atoms with van der Waals surface area (Å²) < 4.78 is 0. The average Bonchev–Trinajstić information content (AvgIpc) is 2.39. The van der Waals surface area contributed by atoms with Crippen molar-refractivity contribution in [3.8, 4) is 0 Å². The molecular formula is C15H13ClN2O2. The molecule has 1 aromatic carbocycles. The Morgan fingerprint density at radius 1 is 1.20 bits per heavy atom. The van der Waals surface area contributed by atoms with Gasteiger partial charge >= 0.3 is 6.03 Å². The molecule has 0 unspecified atom stereocenters. The Morgan fingerprint density at radius 2 is 1.95 bits per heavy atom. The van der Waals surface area contributed by atoms with Crippen LogP contribution in [0.4, 0.5) is 10.5 Å². The third-order valence-corrected chi connectivity index (χ3v) is 3.24. The lowest BCUT2D eigenvalue weighted by Gasteiger charge is -2.10. The highest BCUT2D eigenvalue weighted by atomic mass is 35.5. The lowest BCUT2D eigenvalue weighted by Crippen LogP contribution is -2.15. The molecule has 0 radical (unpaired) electrons. The number of carbonyl (C=O) groups is 2. The zero-order chi connectivity index (χ0) is 14.7. The molecule has 1 aromatic rings. The fourth-order valence-corrected chi connectivity index (χ4v) is 1.92. The van der Waals surface area contributed by atoms with Crippen LogP contribution in [0.3, 0.4) is 0 Å². The van der Waals surface area contributed by atoms with Crippen LogP contribution in [0, 0.1) is 0 Å². The summed E-state index contributed by atoms with van der Waals surface area (Å²) in [5, 5.41) is 3.16. The Morgan fingerprint density at radius 3 is 2.65 bits per heavy atom. The van der Waals surface area contributed by atoms with Crippen LogP contribution in [-0.4, -0.2) is 17.5 Å². The van der Waals surface area contributed by atoms with Crippen LogP contribution in [0.5, 0.6) is 0 Å². The molecule has 0 atom stereocenters. The van der Waals surface area contributed by atoms with E-state index in [1.807, 2.05) is 0 Å². The molecule has 20 heavy (non-hydrogen) atoms. The van der Waals surface area contributed by atoms with Gasteiger partial charge in [0.05, 0.1) is 5.71 Å². The first-order chi connectivity index (χ1) is 9.47. The Hall–Kier alpha value is -2.20. The number of benzene rings is 1. The van der Waals surface area contributed by atoms with Crippen molar-refractivity contribution >= 4 is 34.8 Å². The van der Waals surface area contributed by atoms with Crippen molar-refractivity contribution in [3.05, 3.63) is 52.6 Å². The molecule has 4 nitrogen and oxygen atoms in total. The number of hydrogen-bond donors (Lipinski definition) is 1. The zero-order valence-electron chi connectivity index (χ0n) is 11.1. The van der Waals surface area contributed by atoms with Crippen molar-refractivity contribution in [3.63, 3.8) is 0 Å². The largest absolute Gasteiger partial charge is 0.345 e. The van der Waals surface area contributed by atoms with Crippen molar-refractivity contribution in [1.82, 2.24) is 0 Å². The van der Waals surface area contributed by atoms with E-state index in [4.69, 9.17) is 11.6 Å². The predicted octanol–water partition coefficient (Wildman–Crippen LogP) is 3.79. The summed E-state index contributed by atoms with van der Waals surface area (Å²) in [7, 11) is 0. The van der Waals surface area contributed by atoms with Crippen LogP contribution in [0.1, 0.15) is 13.8 Å². The van der Waals surface area contributed by atoms with Crippen molar-refractivity contribution < 1.29 is 9.59 Å². The van der Waals surface area contributed by atoms with E-state index in [0.29, 0.717) is 27.6 Å². The van der Waals surface area contributed by atoms with Gasteiger partial charge in [-0.25, -0.2) is 4.79 Å². The van der Waals surface area contributed by atoms with E-state index in [1.165, 1.54) is 6.08 Å². The number of nitrogens with one attached hydrogen (secondary N) is 1. The predicted molar refractivity (Wildman–Crippen MR) is 80.4 cm³/mol. The van der Waals surface area contributed by atoms with Crippen molar-refractivity contribution in [2.75, 3.05) is 5.32 Å². The van der Waals surface area contributed by atoms with Gasteiger partial charge in [0.15, 0.2) is 5.78 Å².